The third-order valence-corrected chi connectivity index (χ3v) is 25.7. The van der Waals surface area contributed by atoms with E-state index in [-0.39, 0.29) is 196 Å². The molecule has 6 atom stereocenters. The van der Waals surface area contributed by atoms with Crippen molar-refractivity contribution in [2.24, 2.45) is 11.5 Å². The molecule has 0 spiro atoms. The maximum atomic E-state index is 15.1. The Kier molecular flexibility index (Phi) is 26.8. The number of carbonyl (C=O) groups is 8. The fraction of sp³-hybridized carbons (Fsp3) is 0.474. The monoisotopic (exact) mass is 1860 g/mol. The van der Waals surface area contributed by atoms with Crippen molar-refractivity contribution in [3.05, 3.63) is 185 Å². The molecule has 38 heteroatoms. The van der Waals surface area contributed by atoms with E-state index < -0.39 is 79.4 Å². The predicted octanol–water partition coefficient (Wildman–Crippen LogP) is 9.31. The topological polar surface area (TPSA) is 508 Å². The van der Waals surface area contributed by atoms with Crippen molar-refractivity contribution >= 4 is 90.5 Å². The molecule has 9 aliphatic rings. The number of hydrogen-bond acceptors (Lipinski definition) is 27. The highest BCUT2D eigenvalue weighted by Crippen LogP contribution is 2.51. The van der Waals surface area contributed by atoms with Crippen molar-refractivity contribution in [2.75, 3.05) is 26.0 Å². The van der Waals surface area contributed by atoms with Crippen molar-refractivity contribution < 1.29 is 113 Å². The zero-order chi connectivity index (χ0) is 96.9. The number of aromatic nitrogens is 6. The van der Waals surface area contributed by atoms with E-state index in [2.05, 4.69) is 10.6 Å². The van der Waals surface area contributed by atoms with Gasteiger partial charge in [-0.2, -0.15) is 8.42 Å². The van der Waals surface area contributed by atoms with Gasteiger partial charge in [0, 0.05) is 113 Å². The van der Waals surface area contributed by atoms with E-state index in [1.807, 2.05) is 0 Å². The molecule has 12 heterocycles. The lowest BCUT2D eigenvalue weighted by Gasteiger charge is -2.31. The lowest BCUT2D eigenvalue weighted by molar-refractivity contribution is -0.172. The molecular weight excluding hydrogens is 1750 g/mol. The summed E-state index contributed by atoms with van der Waals surface area (Å²) >= 11 is 0. The van der Waals surface area contributed by atoms with Crippen LogP contribution in [-0.2, 0) is 152 Å². The van der Waals surface area contributed by atoms with Gasteiger partial charge >= 0.3 is 35.8 Å². The molecule has 6 aliphatic heterocycles. The number of aryl methyl sites for hydroxylation is 3. The molecular formula is C95H107F3N10O24S. The number of esters is 5. The lowest BCUT2D eigenvalue weighted by atomic mass is 9.81. The molecule has 708 valence electrons. The highest BCUT2D eigenvalue weighted by molar-refractivity contribution is 7.85. The number of aliphatic hydroxyl groups is 3. The summed E-state index contributed by atoms with van der Waals surface area (Å²) in [7, 11) is -3.67. The van der Waals surface area contributed by atoms with Crippen molar-refractivity contribution in [2.45, 2.75) is 265 Å². The van der Waals surface area contributed by atoms with Gasteiger partial charge in [0.25, 0.3) is 26.8 Å². The summed E-state index contributed by atoms with van der Waals surface area (Å²) in [6.07, 6.45) is 5.63. The van der Waals surface area contributed by atoms with Crippen LogP contribution in [0.1, 0.15) is 258 Å². The highest BCUT2D eigenvalue weighted by Gasteiger charge is 2.50. The van der Waals surface area contributed by atoms with E-state index in [1.54, 1.807) is 110 Å². The van der Waals surface area contributed by atoms with Gasteiger partial charge < -0.3 is 84.6 Å². The van der Waals surface area contributed by atoms with Crippen LogP contribution in [0.3, 0.4) is 0 Å². The molecule has 0 bridgehead atoms. The smallest absolute Gasteiger partial charge is 0.343 e. The number of benzene rings is 3. The lowest BCUT2D eigenvalue weighted by Crippen LogP contribution is -2.44. The minimum absolute atomic E-state index is 0.00993. The standard InChI is InChI=1S/C34H38FN3O8.C27H27FN4O5.C24H22FN3O4.C9H16O4.CH4O3S/c1-6-34(43)21-12-25-30-19(14-38(25)31(41)20(21)15-45-32(34)42)29-23(10-9-18-17(2)22(35)13-24(37-30)28(18)29)36-26(39)16-44-11-7-8-27(40)46-33(3,4)5;1-3-27(36)16-8-20-24-14(10-32(20)25(34)15(16)11-37-26(27)35)23-18(30-21(33)6-7-29)5-4-13-12(2)17(28)9-19(31-24)22(13)23;1-3-24(31)14-6-18-21-12(8-28(18)22(29)13(14)9-32-23(24)30)19-16(26)5-4-11-10(2)15(25)7-17(27-21)20(11)19;1-9(2,3)13-8(12)6-4-5-7(10)11;1-5(2,3)4/h12-13,23,43H,6-11,14-16H2,1-5H3,(H,36,39);8-9,18,36H,3-7,10-11,29H2,1-2H3,(H,30,33);6-7,16,31H,3-5,8-9,26H2,1-2H3;4-6H2,1-3H3,(H,10,11);1H3,(H,2,3,4)/t23-,34-;18-,27-;16-,24-;;/m000../s1. The van der Waals surface area contributed by atoms with Crippen LogP contribution < -0.4 is 38.8 Å². The maximum absolute atomic E-state index is 15.1. The number of hydrogen-bond donors (Lipinski definition) is 9. The Morgan fingerprint density at radius 2 is 0.842 bits per heavy atom. The molecule has 0 saturated carbocycles. The molecule has 11 N–H and O–H groups in total. The fourth-order valence-electron chi connectivity index (χ4n) is 19.3. The summed E-state index contributed by atoms with van der Waals surface area (Å²) in [6.45, 7) is 21.1. The molecule has 0 unspecified atom stereocenters. The van der Waals surface area contributed by atoms with E-state index in [9.17, 15) is 85.3 Å². The minimum atomic E-state index is -3.67. The second-order valence-corrected chi connectivity index (χ2v) is 38.2. The second-order valence-electron chi connectivity index (χ2n) is 36.7. The van der Waals surface area contributed by atoms with Gasteiger partial charge in [-0.3, -0.25) is 42.9 Å². The Morgan fingerprint density at radius 1 is 0.511 bits per heavy atom. The molecule has 0 radical (unpaired) electrons. The molecule has 3 aliphatic carbocycles. The van der Waals surface area contributed by atoms with Crippen LogP contribution in [0.2, 0.25) is 0 Å². The van der Waals surface area contributed by atoms with Gasteiger partial charge in [0.1, 0.15) is 55.1 Å². The van der Waals surface area contributed by atoms with Crippen molar-refractivity contribution in [3.63, 3.8) is 0 Å². The van der Waals surface area contributed by atoms with Gasteiger partial charge in [-0.1, -0.05) is 20.8 Å². The number of aliphatic carboxylic acids is 1. The van der Waals surface area contributed by atoms with E-state index >= 15 is 4.39 Å². The summed E-state index contributed by atoms with van der Waals surface area (Å²) in [4.78, 5) is 151. The van der Waals surface area contributed by atoms with Crippen LogP contribution in [0.15, 0.2) is 50.8 Å². The summed E-state index contributed by atoms with van der Waals surface area (Å²) in [5.74, 6) is -5.54. The number of carbonyl (C=O) groups excluding carboxylic acids is 7. The Balaban J connectivity index is 0.000000148. The highest BCUT2D eigenvalue weighted by atomic mass is 32.2. The average molecular weight is 1860 g/mol. The normalized spacial score (nSPS) is 19.8. The Bertz CT molecular complexity index is 6770. The second kappa shape index (κ2) is 36.7. The zero-order valence-corrected chi connectivity index (χ0v) is 76.9. The predicted molar refractivity (Wildman–Crippen MR) is 476 cm³/mol. The first-order valence-corrected chi connectivity index (χ1v) is 46.0. The Labute approximate surface area is 761 Å². The molecule has 133 heavy (non-hydrogen) atoms. The van der Waals surface area contributed by atoms with Crippen LogP contribution in [0.25, 0.3) is 66.9 Å². The van der Waals surface area contributed by atoms with Crippen LogP contribution in [-0.4, -0.2) is 147 Å². The van der Waals surface area contributed by atoms with Gasteiger partial charge in [-0.25, -0.2) is 42.5 Å². The quantitative estimate of drug-likeness (QED) is 0.0177. The number of nitrogens with one attached hydrogen (secondary N) is 2. The summed E-state index contributed by atoms with van der Waals surface area (Å²) in [5.41, 5.74) is 18.8. The maximum Gasteiger partial charge on any atom is 0.343 e. The third kappa shape index (κ3) is 18.3. The number of carboxylic acids is 1. The first-order valence-electron chi connectivity index (χ1n) is 44.1. The van der Waals surface area contributed by atoms with Crippen molar-refractivity contribution in [1.29, 1.82) is 0 Å². The van der Waals surface area contributed by atoms with Crippen LogP contribution in [0, 0.1) is 38.2 Å². The van der Waals surface area contributed by atoms with E-state index in [4.69, 9.17) is 64.5 Å². The Morgan fingerprint density at radius 3 is 1.18 bits per heavy atom. The van der Waals surface area contributed by atoms with Gasteiger partial charge in [-0.15, -0.1) is 0 Å². The molecule has 6 aromatic heterocycles. The van der Waals surface area contributed by atoms with Crippen LogP contribution >= 0.6 is 0 Å². The van der Waals surface area contributed by atoms with Crippen LogP contribution in [0.5, 0.6) is 0 Å². The average Bonchev–Trinajstić information content (AvgIpc) is 1.57. The largest absolute Gasteiger partial charge is 0.481 e. The third-order valence-electron chi connectivity index (χ3n) is 25.7. The number of carboxylic acid groups (broad SMARTS) is 1. The fourth-order valence-corrected chi connectivity index (χ4v) is 19.3. The minimum Gasteiger partial charge on any atom is -0.481 e. The first kappa shape index (κ1) is 97.0. The SMILES string of the molecule is CC(C)(C)OC(=O)CCCC(=O)O.CC[C@@]1(O)C(=O)OCc2c1cc1n(c2=O)Cc2c-1nc1cc(F)c(C)c3c1c2[C@@H](N)CC3.CC[C@@]1(O)C(=O)OCc2c1cc1n(c2=O)Cc2c-1nc1cc(F)c(C)c3c1c2[C@@H](NC(=O)CCN)CC3.CC[C@@]1(O)C(=O)OCc2c1cc1n(c2=O)Cc2c-1nc1cc(F)c(C)c3c1c2[C@@H](NC(=O)COCCCC(=O)OC(C)(C)C)CC3.CS(=O)(=O)O. The van der Waals surface area contributed by atoms with Crippen molar-refractivity contribution in [3.8, 4) is 34.2 Å². The molecule has 3 aromatic carbocycles. The Hall–Kier alpha value is -12.0. The molecule has 34 nitrogen and oxygen atoms in total. The summed E-state index contributed by atoms with van der Waals surface area (Å²) < 4.78 is 107. The number of fused-ring (bicyclic) bond motifs is 15. The number of ether oxygens (including phenoxy) is 6. The summed E-state index contributed by atoms with van der Waals surface area (Å²) in [5, 5.41) is 50.3. The van der Waals surface area contributed by atoms with Gasteiger partial charge in [0.05, 0.1) is 105 Å². The molecule has 0 fully saturated rings. The van der Waals surface area contributed by atoms with Crippen molar-refractivity contribution in [1.82, 2.24) is 39.3 Å². The number of cyclic esters (lactones) is 3. The molecule has 9 aromatic rings. The van der Waals surface area contributed by atoms with E-state index in [0.717, 1.165) is 66.2 Å². The number of rotatable bonds is 17. The number of pyridine rings is 6. The van der Waals surface area contributed by atoms with Crippen LogP contribution in [0.4, 0.5) is 13.2 Å². The molecule has 0 saturated heterocycles. The molecule has 18 rings (SSSR count). The molecule has 2 amide bonds. The number of nitrogens with zero attached hydrogens (tertiary/aromatic N) is 6. The number of nitrogens with two attached hydrogens (primary N) is 2. The van der Waals surface area contributed by atoms with E-state index in [0.29, 0.717) is 125 Å². The first-order chi connectivity index (χ1) is 62.5. The van der Waals surface area contributed by atoms with Gasteiger partial charge in [0.15, 0.2) is 16.8 Å². The van der Waals surface area contributed by atoms with E-state index in [1.165, 1.54) is 22.8 Å². The van der Waals surface area contributed by atoms with Gasteiger partial charge in [0.2, 0.25) is 11.8 Å². The van der Waals surface area contributed by atoms with Gasteiger partial charge in [-0.05, 0) is 201 Å². The number of amides is 2. The summed E-state index contributed by atoms with van der Waals surface area (Å²) in [6, 6.07) is 8.03. The zero-order valence-electron chi connectivity index (χ0n) is 76.0. The number of halogens is 3.